The zero-order chi connectivity index (χ0) is 10.8. The van der Waals surface area contributed by atoms with Crippen LogP contribution in [0.1, 0.15) is 38.3 Å². The smallest absolute Gasteiger partial charge is 0.147 e. The summed E-state index contributed by atoms with van der Waals surface area (Å²) < 4.78 is 1.91. The molecule has 0 aliphatic heterocycles. The Hall–Kier alpha value is -0.900. The fourth-order valence-corrected chi connectivity index (χ4v) is 1.48. The van der Waals surface area contributed by atoms with Crippen LogP contribution >= 0.6 is 0 Å². The zero-order valence-electron chi connectivity index (χ0n) is 9.54. The van der Waals surface area contributed by atoms with Crippen LogP contribution in [0.4, 0.5) is 0 Å². The minimum Gasteiger partial charge on any atom is -0.324 e. The van der Waals surface area contributed by atoms with E-state index in [9.17, 15) is 0 Å². The summed E-state index contributed by atoms with van der Waals surface area (Å²) in [6.07, 6.45) is 1.92. The number of nitrogens with two attached hydrogens (primary N) is 1. The Morgan fingerprint density at radius 1 is 1.29 bits per heavy atom. The van der Waals surface area contributed by atoms with Gasteiger partial charge in [0.1, 0.15) is 11.6 Å². The van der Waals surface area contributed by atoms with Crippen LogP contribution in [0.5, 0.6) is 0 Å². The van der Waals surface area contributed by atoms with Crippen LogP contribution < -0.4 is 5.73 Å². The van der Waals surface area contributed by atoms with Gasteiger partial charge in [-0.25, -0.2) is 9.67 Å². The first kappa shape index (κ1) is 11.2. The van der Waals surface area contributed by atoms with E-state index < -0.39 is 0 Å². The van der Waals surface area contributed by atoms with Gasteiger partial charge in [0.05, 0.1) is 6.54 Å². The molecule has 14 heavy (non-hydrogen) atoms. The van der Waals surface area contributed by atoms with Gasteiger partial charge in [0.15, 0.2) is 0 Å². The van der Waals surface area contributed by atoms with Crippen molar-refractivity contribution in [3.63, 3.8) is 0 Å². The van der Waals surface area contributed by atoms with E-state index >= 15 is 0 Å². The third-order valence-corrected chi connectivity index (χ3v) is 2.84. The molecule has 0 saturated carbocycles. The van der Waals surface area contributed by atoms with Crippen LogP contribution in [0, 0.1) is 13.8 Å². The van der Waals surface area contributed by atoms with Gasteiger partial charge in [-0.2, -0.15) is 5.10 Å². The first-order valence-corrected chi connectivity index (χ1v) is 5.17. The van der Waals surface area contributed by atoms with Crippen molar-refractivity contribution in [3.05, 3.63) is 11.6 Å². The van der Waals surface area contributed by atoms with Crippen LogP contribution in [0.2, 0.25) is 0 Å². The van der Waals surface area contributed by atoms with E-state index in [1.807, 2.05) is 18.5 Å². The molecule has 80 valence electrons. The average molecular weight is 196 g/mol. The van der Waals surface area contributed by atoms with Gasteiger partial charge < -0.3 is 5.73 Å². The van der Waals surface area contributed by atoms with Gasteiger partial charge in [0.25, 0.3) is 0 Å². The standard InChI is InChI=1S/C10H20N4/c1-5-10(11,6-2)7-14-9(4)12-8(3)13-14/h5-7,11H2,1-4H3. The predicted molar refractivity (Wildman–Crippen MR) is 57.0 cm³/mol. The van der Waals surface area contributed by atoms with Crippen molar-refractivity contribution < 1.29 is 0 Å². The predicted octanol–water partition coefficient (Wildman–Crippen LogP) is 1.41. The highest BCUT2D eigenvalue weighted by Gasteiger charge is 2.22. The van der Waals surface area contributed by atoms with Crippen molar-refractivity contribution in [2.45, 2.75) is 52.6 Å². The van der Waals surface area contributed by atoms with E-state index in [4.69, 9.17) is 5.73 Å². The highest BCUT2D eigenvalue weighted by atomic mass is 15.3. The molecule has 0 saturated heterocycles. The molecule has 0 radical (unpaired) electrons. The van der Waals surface area contributed by atoms with E-state index in [0.29, 0.717) is 0 Å². The molecule has 4 heteroatoms. The zero-order valence-corrected chi connectivity index (χ0v) is 9.54. The van der Waals surface area contributed by atoms with Crippen LogP contribution in [-0.4, -0.2) is 20.3 Å². The molecule has 1 aromatic rings. The molecule has 0 fully saturated rings. The van der Waals surface area contributed by atoms with Crippen LogP contribution in [0.25, 0.3) is 0 Å². The summed E-state index contributed by atoms with van der Waals surface area (Å²) in [5, 5.41) is 4.32. The van der Waals surface area contributed by atoms with Gasteiger partial charge in [0.2, 0.25) is 0 Å². The number of nitrogens with zero attached hydrogens (tertiary/aromatic N) is 3. The quantitative estimate of drug-likeness (QED) is 0.792. The summed E-state index contributed by atoms with van der Waals surface area (Å²) in [5.41, 5.74) is 6.07. The fraction of sp³-hybridized carbons (Fsp3) is 0.800. The topological polar surface area (TPSA) is 56.7 Å². The van der Waals surface area contributed by atoms with Crippen molar-refractivity contribution in [2.75, 3.05) is 0 Å². The molecule has 0 aliphatic carbocycles. The average Bonchev–Trinajstić information content (AvgIpc) is 2.45. The van der Waals surface area contributed by atoms with Crippen molar-refractivity contribution >= 4 is 0 Å². The highest BCUT2D eigenvalue weighted by Crippen LogP contribution is 2.14. The molecule has 0 unspecified atom stereocenters. The van der Waals surface area contributed by atoms with Crippen molar-refractivity contribution in [1.82, 2.24) is 14.8 Å². The second-order valence-corrected chi connectivity index (χ2v) is 3.93. The molecule has 0 bridgehead atoms. The Labute approximate surface area is 85.5 Å². The lowest BCUT2D eigenvalue weighted by Gasteiger charge is -2.26. The van der Waals surface area contributed by atoms with Gasteiger partial charge in [0, 0.05) is 5.54 Å². The van der Waals surface area contributed by atoms with Crippen LogP contribution in [-0.2, 0) is 6.54 Å². The monoisotopic (exact) mass is 196 g/mol. The molecule has 2 N–H and O–H groups in total. The molecule has 0 aliphatic rings. The van der Waals surface area contributed by atoms with E-state index in [0.717, 1.165) is 31.0 Å². The van der Waals surface area contributed by atoms with E-state index in [1.54, 1.807) is 0 Å². The Morgan fingerprint density at radius 2 is 1.86 bits per heavy atom. The number of rotatable bonds is 4. The van der Waals surface area contributed by atoms with Gasteiger partial charge >= 0.3 is 0 Å². The van der Waals surface area contributed by atoms with Gasteiger partial charge in [-0.1, -0.05) is 13.8 Å². The highest BCUT2D eigenvalue weighted by molar-refractivity contribution is 4.91. The van der Waals surface area contributed by atoms with Gasteiger partial charge in [-0.15, -0.1) is 0 Å². The second kappa shape index (κ2) is 4.09. The molecular weight excluding hydrogens is 176 g/mol. The molecule has 0 atom stereocenters. The summed E-state index contributed by atoms with van der Waals surface area (Å²) in [5.74, 6) is 1.76. The molecule has 1 heterocycles. The largest absolute Gasteiger partial charge is 0.324 e. The van der Waals surface area contributed by atoms with E-state index in [2.05, 4.69) is 23.9 Å². The normalized spacial score (nSPS) is 12.1. The molecule has 0 amide bonds. The number of aryl methyl sites for hydroxylation is 2. The van der Waals surface area contributed by atoms with Crippen molar-refractivity contribution in [1.29, 1.82) is 0 Å². The number of hydrogen-bond donors (Lipinski definition) is 1. The Kier molecular flexibility index (Phi) is 3.26. The molecule has 0 aromatic carbocycles. The Balaban J connectivity index is 2.81. The van der Waals surface area contributed by atoms with Crippen molar-refractivity contribution in [3.8, 4) is 0 Å². The van der Waals surface area contributed by atoms with Crippen LogP contribution in [0.3, 0.4) is 0 Å². The van der Waals surface area contributed by atoms with Gasteiger partial charge in [-0.3, -0.25) is 0 Å². The van der Waals surface area contributed by atoms with Crippen LogP contribution in [0.15, 0.2) is 0 Å². The minimum atomic E-state index is -0.148. The maximum Gasteiger partial charge on any atom is 0.147 e. The second-order valence-electron chi connectivity index (χ2n) is 3.93. The number of aromatic nitrogens is 3. The fourth-order valence-electron chi connectivity index (χ4n) is 1.48. The first-order chi connectivity index (χ1) is 6.50. The van der Waals surface area contributed by atoms with E-state index in [-0.39, 0.29) is 5.54 Å². The molecule has 1 rings (SSSR count). The first-order valence-electron chi connectivity index (χ1n) is 5.17. The van der Waals surface area contributed by atoms with E-state index in [1.165, 1.54) is 0 Å². The lowest BCUT2D eigenvalue weighted by Crippen LogP contribution is -2.43. The lowest BCUT2D eigenvalue weighted by molar-refractivity contribution is 0.320. The van der Waals surface area contributed by atoms with Gasteiger partial charge in [-0.05, 0) is 26.7 Å². The lowest BCUT2D eigenvalue weighted by atomic mass is 9.94. The summed E-state index contributed by atoms with van der Waals surface area (Å²) in [6, 6.07) is 0. The Bertz CT molecular complexity index is 299. The summed E-state index contributed by atoms with van der Waals surface area (Å²) in [6.45, 7) is 8.85. The SMILES string of the molecule is CCC(N)(CC)Cn1nc(C)nc1C. The summed E-state index contributed by atoms with van der Waals surface area (Å²) in [4.78, 5) is 4.26. The third-order valence-electron chi connectivity index (χ3n) is 2.84. The molecule has 4 nitrogen and oxygen atoms in total. The maximum atomic E-state index is 6.22. The summed E-state index contributed by atoms with van der Waals surface area (Å²) in [7, 11) is 0. The van der Waals surface area contributed by atoms with Crippen molar-refractivity contribution in [2.24, 2.45) is 5.73 Å². The Morgan fingerprint density at radius 3 is 2.21 bits per heavy atom. The summed E-state index contributed by atoms with van der Waals surface area (Å²) >= 11 is 0. The maximum absolute atomic E-state index is 6.22. The third kappa shape index (κ3) is 2.32. The number of hydrogen-bond acceptors (Lipinski definition) is 3. The molecular formula is C10H20N4. The molecule has 0 spiro atoms. The minimum absolute atomic E-state index is 0.148. The molecule has 1 aromatic heterocycles.